The molecule has 1 aliphatic rings. The van der Waals surface area contributed by atoms with Gasteiger partial charge in [0, 0.05) is 0 Å². The lowest BCUT2D eigenvalue weighted by Gasteiger charge is -2.40. The molecule has 0 aromatic rings. The molecule has 11 heteroatoms. The molecule has 1 amide bonds. The normalized spacial score (nSPS) is 34.6. The molecule has 8 nitrogen and oxygen atoms in total. The van der Waals surface area contributed by atoms with Crippen LogP contribution in [0.15, 0.2) is 0 Å². The highest BCUT2D eigenvalue weighted by Crippen LogP contribution is 2.26. The van der Waals surface area contributed by atoms with Gasteiger partial charge in [-0.2, -0.15) is 0 Å². The Labute approximate surface area is 129 Å². The summed E-state index contributed by atoms with van der Waals surface area (Å²) in [4.78, 5) is 11.4. The lowest BCUT2D eigenvalue weighted by atomic mass is 9.97. The molecule has 1 unspecified atom stereocenters. The molecule has 1 aliphatic heterocycles. The van der Waals surface area contributed by atoms with E-state index in [-0.39, 0.29) is 0 Å². The quantitative estimate of drug-likeness (QED) is 0.406. The Morgan fingerprint density at radius 1 is 1.25 bits per heavy atom. The third-order valence-electron chi connectivity index (χ3n) is 2.55. The largest absolute Gasteiger partial charge is 0.445 e. The minimum atomic E-state index is -1.81. The SMILES string of the molecule is O=C(N[C@H]1C(O)O[C@H](CO)[C@@H](O)[C@@H]1O)OCC(Cl)(Cl)Cl. The molecule has 5 atom stereocenters. The van der Waals surface area contributed by atoms with Crippen molar-refractivity contribution in [2.45, 2.75) is 34.4 Å². The highest BCUT2D eigenvalue weighted by molar-refractivity contribution is 6.67. The smallest absolute Gasteiger partial charge is 0.407 e. The summed E-state index contributed by atoms with van der Waals surface area (Å²) in [5.41, 5.74) is 0. The van der Waals surface area contributed by atoms with Gasteiger partial charge in [-0.1, -0.05) is 34.8 Å². The summed E-state index contributed by atoms with van der Waals surface area (Å²) in [5, 5.41) is 39.9. The number of aliphatic hydroxyl groups is 4. The van der Waals surface area contributed by atoms with Crippen LogP contribution in [0, 0.1) is 0 Å². The summed E-state index contributed by atoms with van der Waals surface area (Å²) in [6.07, 6.45) is -6.98. The second-order valence-corrected chi connectivity index (χ2v) is 6.61. The molecule has 1 heterocycles. The Morgan fingerprint density at radius 2 is 1.85 bits per heavy atom. The Kier molecular flexibility index (Phi) is 6.55. The molecule has 1 fully saturated rings. The summed E-state index contributed by atoms with van der Waals surface area (Å²) in [6.45, 7) is -1.16. The van der Waals surface area contributed by atoms with Crippen LogP contribution in [0.3, 0.4) is 0 Å². The molecule has 0 aliphatic carbocycles. The molecule has 1 rings (SSSR count). The van der Waals surface area contributed by atoms with Gasteiger partial charge in [-0.3, -0.25) is 0 Å². The Hall–Kier alpha value is -0.0600. The molecule has 0 radical (unpaired) electrons. The number of hydrogen-bond acceptors (Lipinski definition) is 7. The second-order valence-electron chi connectivity index (χ2n) is 4.09. The van der Waals surface area contributed by atoms with Crippen molar-refractivity contribution >= 4 is 40.9 Å². The van der Waals surface area contributed by atoms with Crippen LogP contribution in [-0.2, 0) is 9.47 Å². The van der Waals surface area contributed by atoms with Gasteiger partial charge in [0.25, 0.3) is 0 Å². The van der Waals surface area contributed by atoms with E-state index in [1.165, 1.54) is 0 Å². The molecule has 20 heavy (non-hydrogen) atoms. The second kappa shape index (κ2) is 7.28. The first-order valence-corrected chi connectivity index (χ1v) is 6.59. The van der Waals surface area contributed by atoms with E-state index in [1.807, 2.05) is 0 Å². The number of halogens is 3. The molecule has 0 aromatic heterocycles. The summed E-state index contributed by atoms with van der Waals surface area (Å²) >= 11 is 16.1. The lowest BCUT2D eigenvalue weighted by molar-refractivity contribution is -0.253. The van der Waals surface area contributed by atoms with Crippen LogP contribution >= 0.6 is 34.8 Å². The van der Waals surface area contributed by atoms with Crippen LogP contribution in [0.2, 0.25) is 0 Å². The first-order valence-electron chi connectivity index (χ1n) is 5.46. The average Bonchev–Trinajstić information content (AvgIpc) is 2.35. The van der Waals surface area contributed by atoms with E-state index in [9.17, 15) is 20.1 Å². The van der Waals surface area contributed by atoms with E-state index >= 15 is 0 Å². The van der Waals surface area contributed by atoms with Gasteiger partial charge in [-0.25, -0.2) is 4.79 Å². The zero-order valence-corrected chi connectivity index (χ0v) is 12.2. The number of amides is 1. The van der Waals surface area contributed by atoms with Crippen molar-refractivity contribution in [1.29, 1.82) is 0 Å². The van der Waals surface area contributed by atoms with Crippen molar-refractivity contribution in [2.24, 2.45) is 0 Å². The summed E-state index contributed by atoms with van der Waals surface area (Å²) in [6, 6.07) is -1.37. The number of alkyl carbamates (subject to hydrolysis) is 1. The molecule has 118 valence electrons. The van der Waals surface area contributed by atoms with Crippen LogP contribution in [0.1, 0.15) is 0 Å². The van der Waals surface area contributed by atoms with Gasteiger partial charge in [0.1, 0.15) is 31.0 Å². The lowest BCUT2D eigenvalue weighted by Crippen LogP contribution is -2.64. The summed E-state index contributed by atoms with van der Waals surface area (Å²) in [7, 11) is 0. The summed E-state index contributed by atoms with van der Waals surface area (Å²) in [5.74, 6) is 0. The minimum Gasteiger partial charge on any atom is -0.445 e. The third kappa shape index (κ3) is 5.05. The highest BCUT2D eigenvalue weighted by Gasteiger charge is 2.44. The van der Waals surface area contributed by atoms with E-state index in [0.29, 0.717) is 0 Å². The fourth-order valence-corrected chi connectivity index (χ4v) is 1.74. The van der Waals surface area contributed by atoms with Crippen molar-refractivity contribution in [3.63, 3.8) is 0 Å². The maximum absolute atomic E-state index is 11.4. The van der Waals surface area contributed by atoms with Crippen molar-refractivity contribution < 1.29 is 34.7 Å². The van der Waals surface area contributed by atoms with E-state index in [4.69, 9.17) is 44.6 Å². The fraction of sp³-hybridized carbons (Fsp3) is 0.889. The predicted octanol–water partition coefficient (Wildman–Crippen LogP) is -1.12. The van der Waals surface area contributed by atoms with Gasteiger partial charge in [-0.15, -0.1) is 0 Å². The monoisotopic (exact) mass is 353 g/mol. The van der Waals surface area contributed by atoms with Gasteiger partial charge in [-0.05, 0) is 0 Å². The molecule has 0 aromatic carbocycles. The van der Waals surface area contributed by atoms with Crippen LogP contribution in [0.25, 0.3) is 0 Å². The number of alkyl halides is 3. The molecule has 1 saturated heterocycles. The minimum absolute atomic E-state index is 0.551. The maximum atomic E-state index is 11.4. The van der Waals surface area contributed by atoms with Gasteiger partial charge >= 0.3 is 6.09 Å². The van der Waals surface area contributed by atoms with Crippen molar-refractivity contribution in [1.82, 2.24) is 5.32 Å². The Morgan fingerprint density at radius 3 is 2.35 bits per heavy atom. The number of ether oxygens (including phenoxy) is 2. The number of carbonyl (C=O) groups excluding carboxylic acids is 1. The Balaban J connectivity index is 2.56. The number of aliphatic hydroxyl groups excluding tert-OH is 4. The first kappa shape index (κ1) is 18.0. The average molecular weight is 355 g/mol. The standard InChI is InChI=1S/C9H14Cl3NO7/c10-9(11,12)2-19-8(18)13-4-6(16)5(15)3(1-14)20-7(4)17/h3-7,14-17H,1-2H2,(H,13,18)/t3-,4-,5-,6-,7?/m1/s1. The van der Waals surface area contributed by atoms with Gasteiger partial charge in [0.15, 0.2) is 6.29 Å². The predicted molar refractivity (Wildman–Crippen MR) is 68.5 cm³/mol. The Bertz CT molecular complexity index is 340. The fourth-order valence-electron chi connectivity index (χ4n) is 1.58. The molecular weight excluding hydrogens is 340 g/mol. The van der Waals surface area contributed by atoms with Crippen LogP contribution in [-0.4, -0.2) is 74.2 Å². The maximum Gasteiger partial charge on any atom is 0.407 e. The van der Waals surface area contributed by atoms with Crippen LogP contribution in [0.4, 0.5) is 4.79 Å². The van der Waals surface area contributed by atoms with Gasteiger partial charge in [0.2, 0.25) is 3.79 Å². The molecule has 0 saturated carbocycles. The highest BCUT2D eigenvalue weighted by atomic mass is 35.6. The van der Waals surface area contributed by atoms with Gasteiger partial charge < -0.3 is 35.2 Å². The number of nitrogens with one attached hydrogen (secondary N) is 1. The van der Waals surface area contributed by atoms with Crippen molar-refractivity contribution in [2.75, 3.05) is 13.2 Å². The summed E-state index contributed by atoms with van der Waals surface area (Å²) < 4.78 is 7.56. The topological polar surface area (TPSA) is 128 Å². The van der Waals surface area contributed by atoms with E-state index < -0.39 is 53.7 Å². The van der Waals surface area contributed by atoms with E-state index in [1.54, 1.807) is 0 Å². The zero-order valence-electron chi connectivity index (χ0n) is 9.95. The number of hydrogen-bond donors (Lipinski definition) is 5. The van der Waals surface area contributed by atoms with Crippen molar-refractivity contribution in [3.8, 4) is 0 Å². The molecule has 0 spiro atoms. The van der Waals surface area contributed by atoms with E-state index in [0.717, 1.165) is 0 Å². The number of rotatable bonds is 3. The molecular formula is C9H14Cl3NO7. The zero-order chi connectivity index (χ0) is 15.5. The van der Waals surface area contributed by atoms with E-state index in [2.05, 4.69) is 10.1 Å². The molecule has 5 N–H and O–H groups in total. The van der Waals surface area contributed by atoms with Crippen LogP contribution in [0.5, 0.6) is 0 Å². The first-order chi connectivity index (χ1) is 9.15. The number of carbonyl (C=O) groups is 1. The third-order valence-corrected chi connectivity index (χ3v) is 2.88. The molecule has 0 bridgehead atoms. The van der Waals surface area contributed by atoms with Gasteiger partial charge in [0.05, 0.1) is 6.61 Å². The van der Waals surface area contributed by atoms with Crippen LogP contribution < -0.4 is 5.32 Å². The van der Waals surface area contributed by atoms with Crippen molar-refractivity contribution in [3.05, 3.63) is 0 Å².